The van der Waals surface area contributed by atoms with Gasteiger partial charge in [0.05, 0.1) is 24.0 Å². The lowest BCUT2D eigenvalue weighted by molar-refractivity contribution is -0.203. The first-order valence-corrected chi connectivity index (χ1v) is 21.4. The Hall–Kier alpha value is -5.04. The lowest BCUT2D eigenvalue weighted by Crippen LogP contribution is -2.59. The van der Waals surface area contributed by atoms with Crippen LogP contribution in [-0.4, -0.2) is 73.1 Å². The average Bonchev–Trinajstić information content (AvgIpc) is 3.54. The van der Waals surface area contributed by atoms with Crippen molar-refractivity contribution >= 4 is 29.9 Å². The number of nitrogens with one attached hydrogen (secondary N) is 3. The lowest BCUT2D eigenvalue weighted by atomic mass is 9.82. The molecule has 1 fully saturated rings. The van der Waals surface area contributed by atoms with E-state index in [2.05, 4.69) is 28.4 Å². The van der Waals surface area contributed by atoms with Crippen molar-refractivity contribution in [2.24, 2.45) is 23.7 Å². The van der Waals surface area contributed by atoms with E-state index in [1.54, 1.807) is 0 Å². The minimum absolute atomic E-state index is 0.0224. The zero-order valence-electron chi connectivity index (χ0n) is 36.3. The molecule has 324 valence electrons. The van der Waals surface area contributed by atoms with E-state index in [1.165, 1.54) is 5.01 Å². The third kappa shape index (κ3) is 13.5. The summed E-state index contributed by atoms with van der Waals surface area (Å²) in [5.74, 6) is -3.49. The Labute approximate surface area is 355 Å². The Morgan fingerprint density at radius 3 is 2.08 bits per heavy atom. The highest BCUT2D eigenvalue weighted by Gasteiger charge is 2.38. The fourth-order valence-electron chi connectivity index (χ4n) is 7.58. The van der Waals surface area contributed by atoms with Crippen molar-refractivity contribution in [1.82, 2.24) is 21.2 Å². The summed E-state index contributed by atoms with van der Waals surface area (Å²) in [5.41, 5.74) is 10.1. The molecule has 4 amide bonds. The number of alkyl carbamates (subject to hydrolysis) is 1. The summed E-state index contributed by atoms with van der Waals surface area (Å²) in [6, 6.07) is 24.6. The fraction of sp³-hybridized carbons (Fsp3) is 0.500. The maximum Gasteiger partial charge on any atom is 0.407 e. The second kappa shape index (κ2) is 22.0. The highest BCUT2D eigenvalue weighted by Crippen LogP contribution is 2.44. The number of allylic oxidation sites excluding steroid dienone is 1. The van der Waals surface area contributed by atoms with Crippen LogP contribution in [0.1, 0.15) is 103 Å². The molecule has 3 N–H and O–H groups in total. The number of nitrogens with zero attached hydrogens (tertiary/aromatic N) is 1. The maximum absolute atomic E-state index is 14.6. The highest BCUT2D eigenvalue weighted by molar-refractivity contribution is 5.91. The SMILES string of the molecule is CC(C)C[C@@H](C(=O)NN(CC(C)C)C(=O)[C@@H](COC(C)(C)C)NC(=O)OCC1c2ccccc2-c2ccccc21)[C@H](C/C=C/c1ccccc1)C(=O)NOC1CCCCO1. The Kier molecular flexibility index (Phi) is 16.9. The summed E-state index contributed by atoms with van der Waals surface area (Å²) in [7, 11) is 0. The van der Waals surface area contributed by atoms with Gasteiger partial charge in [0.15, 0.2) is 6.29 Å². The van der Waals surface area contributed by atoms with Gasteiger partial charge < -0.3 is 19.5 Å². The van der Waals surface area contributed by atoms with E-state index in [1.807, 2.05) is 127 Å². The van der Waals surface area contributed by atoms with Crippen LogP contribution in [0.2, 0.25) is 0 Å². The van der Waals surface area contributed by atoms with Gasteiger partial charge in [0.25, 0.3) is 5.91 Å². The third-order valence-electron chi connectivity index (χ3n) is 10.5. The van der Waals surface area contributed by atoms with Crippen molar-refractivity contribution in [2.45, 2.75) is 104 Å². The van der Waals surface area contributed by atoms with Gasteiger partial charge in [-0.15, -0.1) is 0 Å². The summed E-state index contributed by atoms with van der Waals surface area (Å²) in [6.45, 7) is 13.9. The van der Waals surface area contributed by atoms with E-state index in [9.17, 15) is 19.2 Å². The second-order valence-corrected chi connectivity index (χ2v) is 17.5. The number of hydroxylamine groups is 1. The number of amides is 4. The first-order valence-electron chi connectivity index (χ1n) is 21.4. The van der Waals surface area contributed by atoms with Crippen molar-refractivity contribution in [1.29, 1.82) is 0 Å². The molecule has 1 aliphatic heterocycles. The number of rotatable bonds is 18. The molecule has 0 aromatic heterocycles. The molecule has 1 unspecified atom stereocenters. The molecule has 4 atom stereocenters. The molecule has 3 aromatic carbocycles. The molecular weight excluding hydrogens is 761 g/mol. The van der Waals surface area contributed by atoms with Gasteiger partial charge >= 0.3 is 6.09 Å². The van der Waals surface area contributed by atoms with Crippen LogP contribution in [0.25, 0.3) is 17.2 Å². The van der Waals surface area contributed by atoms with Crippen LogP contribution in [0.4, 0.5) is 4.79 Å². The Bertz CT molecular complexity index is 1860. The molecule has 2 aliphatic rings. The first kappa shape index (κ1) is 46.0. The standard InChI is InChI=1S/C48H64N4O8/c1-32(2)28-40(39(25-17-20-34-18-9-8-10-19-34)45(54)51-60-43-26-15-16-27-57-43)44(53)50-52(29-33(3)4)46(55)42(31-59-48(5,6)7)49-47(56)58-30-41-37-23-13-11-21-35(37)36-22-12-14-24-38(36)41/h8-14,17-24,32-33,39-43H,15-16,25-31H2,1-7H3,(H,49,56)(H,50,53)(H,51,54)/b20-17+/t39-,40+,42+,43?/m0/s1. The summed E-state index contributed by atoms with van der Waals surface area (Å²) < 4.78 is 17.6. The van der Waals surface area contributed by atoms with Crippen molar-refractivity contribution in [3.05, 3.63) is 102 Å². The highest BCUT2D eigenvalue weighted by atomic mass is 16.8. The largest absolute Gasteiger partial charge is 0.449 e. The normalized spacial score (nSPS) is 16.8. The zero-order chi connectivity index (χ0) is 43.2. The third-order valence-corrected chi connectivity index (χ3v) is 10.5. The number of hydrazine groups is 1. The van der Waals surface area contributed by atoms with Gasteiger partial charge in [-0.2, -0.15) is 0 Å². The fourth-order valence-corrected chi connectivity index (χ4v) is 7.58. The van der Waals surface area contributed by atoms with E-state index < -0.39 is 53.6 Å². The van der Waals surface area contributed by atoms with Crippen LogP contribution in [-0.2, 0) is 33.4 Å². The van der Waals surface area contributed by atoms with Gasteiger partial charge in [0, 0.05) is 25.5 Å². The predicted molar refractivity (Wildman–Crippen MR) is 232 cm³/mol. The Morgan fingerprint density at radius 1 is 0.833 bits per heavy atom. The molecule has 0 saturated carbocycles. The van der Waals surface area contributed by atoms with Gasteiger partial charge in [-0.1, -0.05) is 119 Å². The smallest absolute Gasteiger partial charge is 0.407 e. The van der Waals surface area contributed by atoms with Gasteiger partial charge in [-0.3, -0.25) is 24.8 Å². The summed E-state index contributed by atoms with van der Waals surface area (Å²) >= 11 is 0. The molecule has 1 aliphatic carbocycles. The van der Waals surface area contributed by atoms with Crippen LogP contribution >= 0.6 is 0 Å². The molecule has 0 spiro atoms. The van der Waals surface area contributed by atoms with Crippen LogP contribution in [0.15, 0.2) is 84.9 Å². The Morgan fingerprint density at radius 2 is 1.48 bits per heavy atom. The molecule has 12 nitrogen and oxygen atoms in total. The number of carbonyl (C=O) groups is 4. The average molecular weight is 825 g/mol. The molecule has 60 heavy (non-hydrogen) atoms. The number of ether oxygens (including phenoxy) is 3. The Balaban J connectivity index is 1.35. The molecule has 1 heterocycles. The summed E-state index contributed by atoms with van der Waals surface area (Å²) in [4.78, 5) is 62.4. The number of fused-ring (bicyclic) bond motifs is 3. The first-order chi connectivity index (χ1) is 28.7. The number of benzene rings is 3. The van der Waals surface area contributed by atoms with Crippen molar-refractivity contribution in [3.63, 3.8) is 0 Å². The van der Waals surface area contributed by atoms with Crippen LogP contribution in [0, 0.1) is 23.7 Å². The van der Waals surface area contributed by atoms with Crippen LogP contribution in [0.5, 0.6) is 0 Å². The van der Waals surface area contributed by atoms with E-state index in [0.29, 0.717) is 19.4 Å². The molecule has 1 saturated heterocycles. The van der Waals surface area contributed by atoms with Gasteiger partial charge in [-0.25, -0.2) is 15.1 Å². The maximum atomic E-state index is 14.6. The second-order valence-electron chi connectivity index (χ2n) is 17.5. The van der Waals surface area contributed by atoms with Crippen LogP contribution in [0.3, 0.4) is 0 Å². The monoisotopic (exact) mass is 824 g/mol. The van der Waals surface area contributed by atoms with Crippen molar-refractivity contribution in [3.8, 4) is 11.1 Å². The minimum Gasteiger partial charge on any atom is -0.449 e. The predicted octanol–water partition coefficient (Wildman–Crippen LogP) is 8.18. The van der Waals surface area contributed by atoms with Gasteiger partial charge in [0.2, 0.25) is 11.8 Å². The topological polar surface area (TPSA) is 145 Å². The van der Waals surface area contributed by atoms with Crippen molar-refractivity contribution < 1.29 is 38.2 Å². The van der Waals surface area contributed by atoms with Crippen molar-refractivity contribution in [2.75, 3.05) is 26.4 Å². The van der Waals surface area contributed by atoms with Crippen LogP contribution < -0.4 is 16.2 Å². The molecular formula is C48H64N4O8. The summed E-state index contributed by atoms with van der Waals surface area (Å²) in [6.07, 6.45) is 5.50. The molecule has 0 radical (unpaired) electrons. The quantitative estimate of drug-likeness (QED) is 0.109. The molecule has 5 rings (SSSR count). The van der Waals surface area contributed by atoms with E-state index in [4.69, 9.17) is 19.0 Å². The number of carbonyl (C=O) groups excluding carboxylic acids is 4. The molecule has 12 heteroatoms. The van der Waals surface area contributed by atoms with E-state index >= 15 is 0 Å². The summed E-state index contributed by atoms with van der Waals surface area (Å²) in [5, 5.41) is 3.99. The molecule has 3 aromatic rings. The van der Waals surface area contributed by atoms with Gasteiger partial charge in [-0.05, 0) is 86.1 Å². The number of hydrogen-bond donors (Lipinski definition) is 3. The van der Waals surface area contributed by atoms with Gasteiger partial charge in [0.1, 0.15) is 12.6 Å². The van der Waals surface area contributed by atoms with E-state index in [-0.39, 0.29) is 43.9 Å². The minimum atomic E-state index is -1.21. The van der Waals surface area contributed by atoms with E-state index in [0.717, 1.165) is 40.7 Å². The molecule has 0 bridgehead atoms. The number of hydrogen-bond acceptors (Lipinski definition) is 8. The zero-order valence-corrected chi connectivity index (χ0v) is 36.3. The lowest BCUT2D eigenvalue weighted by Gasteiger charge is -2.33.